The van der Waals surface area contributed by atoms with Crippen LogP contribution in [-0.2, 0) is 0 Å². The summed E-state index contributed by atoms with van der Waals surface area (Å²) in [5, 5.41) is 0.861. The van der Waals surface area contributed by atoms with Gasteiger partial charge in [0.2, 0.25) is 0 Å². The molecule has 0 saturated carbocycles. The lowest BCUT2D eigenvalue weighted by Crippen LogP contribution is -2.49. The fourth-order valence-electron chi connectivity index (χ4n) is 3.04. The number of anilines is 1. The molecule has 1 aliphatic heterocycles. The predicted octanol–water partition coefficient (Wildman–Crippen LogP) is 2.87. The molecule has 1 fully saturated rings. The number of carbonyl (C=O) groups is 1. The Kier molecular flexibility index (Phi) is 4.62. The van der Waals surface area contributed by atoms with Crippen molar-refractivity contribution in [1.82, 2.24) is 19.9 Å². The number of piperazine rings is 1. The van der Waals surface area contributed by atoms with Crippen molar-refractivity contribution in [2.75, 3.05) is 31.1 Å². The molecule has 1 amide bonds. The van der Waals surface area contributed by atoms with Gasteiger partial charge >= 0.3 is 0 Å². The minimum atomic E-state index is 0.0703. The average Bonchev–Trinajstić information content (AvgIpc) is 3.10. The number of hydrogen-bond acceptors (Lipinski definition) is 6. The van der Waals surface area contributed by atoms with Gasteiger partial charge in [-0.1, -0.05) is 6.07 Å². The fourth-order valence-corrected chi connectivity index (χ4v) is 4.08. The van der Waals surface area contributed by atoms with Gasteiger partial charge in [-0.15, -0.1) is 11.3 Å². The molecule has 4 heterocycles. The minimum Gasteiger partial charge on any atom is -0.353 e. The number of nitrogens with zero attached hydrogens (tertiary/aromatic N) is 5. The Morgan fingerprint density at radius 2 is 1.81 bits per heavy atom. The number of carbonyl (C=O) groups excluding carboxylic acids is 1. The molecule has 132 valence electrons. The van der Waals surface area contributed by atoms with Crippen LogP contribution in [0.25, 0.3) is 10.6 Å². The minimum absolute atomic E-state index is 0.0703. The van der Waals surface area contributed by atoms with E-state index < -0.39 is 0 Å². The number of amides is 1. The highest BCUT2D eigenvalue weighted by atomic mass is 32.1. The number of aromatic nitrogens is 3. The Balaban J connectivity index is 1.47. The molecule has 7 heteroatoms. The van der Waals surface area contributed by atoms with E-state index in [4.69, 9.17) is 0 Å². The molecule has 0 atom stereocenters. The second kappa shape index (κ2) is 7.21. The van der Waals surface area contributed by atoms with E-state index in [2.05, 4.69) is 19.9 Å². The van der Waals surface area contributed by atoms with Gasteiger partial charge in [0.1, 0.15) is 15.7 Å². The topological polar surface area (TPSA) is 62.2 Å². The van der Waals surface area contributed by atoms with E-state index in [9.17, 15) is 4.79 Å². The first-order valence-corrected chi connectivity index (χ1v) is 9.37. The second-order valence-corrected chi connectivity index (χ2v) is 7.14. The molecule has 1 saturated heterocycles. The molecule has 26 heavy (non-hydrogen) atoms. The molecule has 0 radical (unpaired) electrons. The first-order valence-electron chi connectivity index (χ1n) is 8.55. The number of hydrogen-bond donors (Lipinski definition) is 0. The Hall–Kier alpha value is -2.80. The highest BCUT2D eigenvalue weighted by Gasteiger charge is 2.26. The van der Waals surface area contributed by atoms with E-state index >= 15 is 0 Å². The Morgan fingerprint density at radius 1 is 1.04 bits per heavy atom. The van der Waals surface area contributed by atoms with Crippen LogP contribution in [0.3, 0.4) is 0 Å². The molecule has 0 N–H and O–H groups in total. The first-order chi connectivity index (χ1) is 12.7. The van der Waals surface area contributed by atoms with Crippen LogP contribution in [0.1, 0.15) is 15.4 Å². The normalized spacial score (nSPS) is 14.5. The molecular weight excluding hydrogens is 346 g/mol. The van der Waals surface area contributed by atoms with Gasteiger partial charge in [-0.2, -0.15) is 0 Å². The summed E-state index contributed by atoms with van der Waals surface area (Å²) in [6.45, 7) is 4.86. The zero-order chi connectivity index (χ0) is 17.9. The zero-order valence-electron chi connectivity index (χ0n) is 14.5. The average molecular weight is 365 g/mol. The third-order valence-electron chi connectivity index (χ3n) is 4.46. The van der Waals surface area contributed by atoms with Crippen LogP contribution < -0.4 is 4.90 Å². The largest absolute Gasteiger partial charge is 0.353 e. The molecule has 6 nitrogen and oxygen atoms in total. The van der Waals surface area contributed by atoms with E-state index in [1.807, 2.05) is 42.2 Å². The standard InChI is InChI=1S/C19H19N5OS/c1-14-17(26-18(22-14)15-5-8-20-9-6-15)19(25)24-12-10-23(11-13-24)16-4-2-3-7-21-16/h2-9H,10-13H2,1H3. The molecule has 0 aromatic carbocycles. The molecule has 1 aliphatic rings. The molecule has 4 rings (SSSR count). The van der Waals surface area contributed by atoms with Crippen LogP contribution in [0, 0.1) is 6.92 Å². The fraction of sp³-hybridized carbons (Fsp3) is 0.263. The van der Waals surface area contributed by atoms with Crippen molar-refractivity contribution in [1.29, 1.82) is 0 Å². The van der Waals surface area contributed by atoms with Crippen LogP contribution in [0.15, 0.2) is 48.9 Å². The summed E-state index contributed by atoms with van der Waals surface area (Å²) in [5.41, 5.74) is 1.78. The molecule has 0 spiro atoms. The summed E-state index contributed by atoms with van der Waals surface area (Å²) >= 11 is 1.46. The van der Waals surface area contributed by atoms with Crippen LogP contribution in [0.5, 0.6) is 0 Å². The predicted molar refractivity (Wildman–Crippen MR) is 102 cm³/mol. The summed E-state index contributed by atoms with van der Waals surface area (Å²) in [7, 11) is 0. The van der Waals surface area contributed by atoms with E-state index in [0.29, 0.717) is 13.1 Å². The van der Waals surface area contributed by atoms with Gasteiger partial charge in [-0.3, -0.25) is 9.78 Å². The first kappa shape index (κ1) is 16.7. The van der Waals surface area contributed by atoms with Crippen molar-refractivity contribution in [3.05, 3.63) is 59.5 Å². The lowest BCUT2D eigenvalue weighted by molar-refractivity contribution is 0.0750. The van der Waals surface area contributed by atoms with Crippen LogP contribution in [-0.4, -0.2) is 51.9 Å². The van der Waals surface area contributed by atoms with Gasteiger partial charge < -0.3 is 9.80 Å². The molecule has 0 bridgehead atoms. The Morgan fingerprint density at radius 3 is 2.50 bits per heavy atom. The lowest BCUT2D eigenvalue weighted by Gasteiger charge is -2.35. The van der Waals surface area contributed by atoms with Crippen molar-refractivity contribution in [2.24, 2.45) is 0 Å². The Labute approximate surface area is 156 Å². The summed E-state index contributed by atoms with van der Waals surface area (Å²) in [4.78, 5) is 30.8. The third kappa shape index (κ3) is 3.30. The van der Waals surface area contributed by atoms with E-state index in [-0.39, 0.29) is 5.91 Å². The monoisotopic (exact) mass is 365 g/mol. The summed E-state index contributed by atoms with van der Waals surface area (Å²) in [5.74, 6) is 1.04. The number of aryl methyl sites for hydroxylation is 1. The maximum Gasteiger partial charge on any atom is 0.265 e. The van der Waals surface area contributed by atoms with Gasteiger partial charge in [-0.05, 0) is 31.2 Å². The third-order valence-corrected chi connectivity index (χ3v) is 5.65. The van der Waals surface area contributed by atoms with Gasteiger partial charge in [0.05, 0.1) is 5.69 Å². The zero-order valence-corrected chi connectivity index (χ0v) is 15.3. The van der Waals surface area contributed by atoms with Crippen molar-refractivity contribution in [2.45, 2.75) is 6.92 Å². The maximum absolute atomic E-state index is 13.0. The molecule has 3 aromatic heterocycles. The van der Waals surface area contributed by atoms with E-state index in [1.165, 1.54) is 11.3 Å². The van der Waals surface area contributed by atoms with Crippen molar-refractivity contribution >= 4 is 23.1 Å². The van der Waals surface area contributed by atoms with Crippen molar-refractivity contribution in [3.8, 4) is 10.6 Å². The highest BCUT2D eigenvalue weighted by Crippen LogP contribution is 2.28. The quantitative estimate of drug-likeness (QED) is 0.714. The Bertz CT molecular complexity index is 889. The second-order valence-electron chi connectivity index (χ2n) is 6.14. The molecule has 3 aromatic rings. The molecular formula is C19H19N5OS. The molecule has 0 unspecified atom stereocenters. The lowest BCUT2D eigenvalue weighted by atomic mass is 10.2. The number of thiazole rings is 1. The van der Waals surface area contributed by atoms with E-state index in [0.717, 1.165) is 40.0 Å². The van der Waals surface area contributed by atoms with Gasteiger partial charge in [0.25, 0.3) is 5.91 Å². The van der Waals surface area contributed by atoms with Crippen molar-refractivity contribution in [3.63, 3.8) is 0 Å². The smallest absolute Gasteiger partial charge is 0.265 e. The highest BCUT2D eigenvalue weighted by molar-refractivity contribution is 7.17. The van der Waals surface area contributed by atoms with Gasteiger partial charge in [-0.25, -0.2) is 9.97 Å². The van der Waals surface area contributed by atoms with Crippen LogP contribution in [0.4, 0.5) is 5.82 Å². The maximum atomic E-state index is 13.0. The molecule has 0 aliphatic carbocycles. The number of pyridine rings is 2. The van der Waals surface area contributed by atoms with Gasteiger partial charge in [0, 0.05) is 50.3 Å². The number of rotatable bonds is 3. The van der Waals surface area contributed by atoms with Crippen molar-refractivity contribution < 1.29 is 4.79 Å². The van der Waals surface area contributed by atoms with Gasteiger partial charge in [0.15, 0.2) is 0 Å². The summed E-state index contributed by atoms with van der Waals surface area (Å²) < 4.78 is 0. The van der Waals surface area contributed by atoms with E-state index in [1.54, 1.807) is 18.6 Å². The van der Waals surface area contributed by atoms with Crippen LogP contribution >= 0.6 is 11.3 Å². The summed E-state index contributed by atoms with van der Waals surface area (Å²) in [6, 6.07) is 9.74. The van der Waals surface area contributed by atoms with Crippen LogP contribution in [0.2, 0.25) is 0 Å². The SMILES string of the molecule is Cc1nc(-c2ccncc2)sc1C(=O)N1CCN(c2ccccn2)CC1. The summed E-state index contributed by atoms with van der Waals surface area (Å²) in [6.07, 6.45) is 5.28.